The SMILES string of the molecule is C=CCc1cccc([C@H]2C3=CC[C@@H]4C(=O)N(c5ccc(C=Cc6cc(OC)ccc6OC)cc5)C(=O)[C@@H]4[C@@H]3C[C@H]3C(=O)N(c4cc(-c5sc6ccc(Cl)cc6c5C)nn4C)C(=O)[C@@]23C)c1O. The number of amides is 4. The van der Waals surface area contributed by atoms with Gasteiger partial charge in [0.1, 0.15) is 28.8 Å². The van der Waals surface area contributed by atoms with Gasteiger partial charge in [0.2, 0.25) is 23.6 Å². The molecule has 0 radical (unpaired) electrons. The predicted octanol–water partition coefficient (Wildman–Crippen LogP) is 10.3. The standard InChI is InChI=1S/C53H47ClN4O7S/c1-7-9-30-10-8-11-37(47(30)59)46-35-20-21-36-45(51(62)57(49(36)60)33-17-13-29(14-18-33)12-15-31-24-34(64-5)19-22-42(31)65-6)39(35)26-40-50(61)58(52(63)53(40,46)3)44-27-41(55-56(44)4)48-28(2)38-25-32(54)16-23-43(38)66-48/h7-8,10-20,22-25,27,36,39-40,45-46,59H,1,9,21,26H2,2-6H3/t36-,39+,40-,45-,46+,53+/m0/s1. The monoisotopic (exact) mass is 918 g/mol. The van der Waals surface area contributed by atoms with E-state index in [2.05, 4.69) is 6.58 Å². The minimum atomic E-state index is -1.37. The highest BCUT2D eigenvalue weighted by Gasteiger charge is 2.68. The number of rotatable bonds is 10. The third-order valence-electron chi connectivity index (χ3n) is 14.4. The Kier molecular flexibility index (Phi) is 10.6. The van der Waals surface area contributed by atoms with Gasteiger partial charge < -0.3 is 14.6 Å². The van der Waals surface area contributed by atoms with E-state index in [1.54, 1.807) is 67.6 Å². The molecule has 3 fully saturated rings. The number of imide groups is 2. The molecule has 1 saturated carbocycles. The number of ether oxygens (including phenoxy) is 2. The molecule has 6 aromatic rings. The van der Waals surface area contributed by atoms with Gasteiger partial charge in [0.05, 0.1) is 48.0 Å². The second-order valence-electron chi connectivity index (χ2n) is 17.8. The number of allylic oxidation sites excluding steroid dienone is 3. The van der Waals surface area contributed by atoms with Crippen LogP contribution in [-0.2, 0) is 32.6 Å². The Bertz CT molecular complexity index is 3110. The number of thiophene rings is 1. The number of nitrogens with zero attached hydrogens (tertiary/aromatic N) is 4. The van der Waals surface area contributed by atoms with Crippen molar-refractivity contribution in [3.8, 4) is 27.8 Å². The molecule has 4 aliphatic rings. The van der Waals surface area contributed by atoms with Crippen LogP contribution in [0.1, 0.15) is 53.5 Å². The van der Waals surface area contributed by atoms with Gasteiger partial charge in [-0.05, 0) is 110 Å². The Morgan fingerprint density at radius 1 is 0.924 bits per heavy atom. The lowest BCUT2D eigenvalue weighted by Crippen LogP contribution is -2.49. The van der Waals surface area contributed by atoms with Crippen LogP contribution in [0.2, 0.25) is 5.02 Å². The van der Waals surface area contributed by atoms with Gasteiger partial charge in [0.25, 0.3) is 0 Å². The fourth-order valence-electron chi connectivity index (χ4n) is 11.1. The fraction of sp³-hybridized carbons (Fsp3) is 0.264. The molecule has 4 amide bonds. The Morgan fingerprint density at radius 3 is 2.45 bits per heavy atom. The zero-order chi connectivity index (χ0) is 46.3. The highest BCUT2D eigenvalue weighted by Crippen LogP contribution is 2.65. The lowest BCUT2D eigenvalue weighted by molar-refractivity contribution is -0.131. The van der Waals surface area contributed by atoms with Gasteiger partial charge in [-0.15, -0.1) is 17.9 Å². The molecule has 13 heteroatoms. The van der Waals surface area contributed by atoms with Gasteiger partial charge in [-0.25, -0.2) is 4.90 Å². The van der Waals surface area contributed by atoms with Crippen LogP contribution in [0.3, 0.4) is 0 Å². The van der Waals surface area contributed by atoms with Crippen LogP contribution >= 0.6 is 22.9 Å². The van der Waals surface area contributed by atoms with E-state index in [-0.39, 0.29) is 30.4 Å². The molecule has 10 rings (SSSR count). The summed E-state index contributed by atoms with van der Waals surface area (Å²) in [5.41, 5.74) is 4.26. The average molecular weight is 919 g/mol. The van der Waals surface area contributed by atoms with Gasteiger partial charge >= 0.3 is 0 Å². The molecule has 4 heterocycles. The normalized spacial score (nSPS) is 23.7. The van der Waals surface area contributed by atoms with Crippen molar-refractivity contribution in [2.24, 2.45) is 36.1 Å². The lowest BCUT2D eigenvalue weighted by atomic mass is 9.51. The van der Waals surface area contributed by atoms with Crippen molar-refractivity contribution in [3.63, 3.8) is 0 Å². The second-order valence-corrected chi connectivity index (χ2v) is 19.3. The number of phenolic OH excluding ortho intramolecular Hbond substituents is 1. The van der Waals surface area contributed by atoms with E-state index in [0.717, 1.165) is 37.2 Å². The number of anilines is 2. The fourth-order valence-corrected chi connectivity index (χ4v) is 12.4. The van der Waals surface area contributed by atoms with Crippen molar-refractivity contribution < 1.29 is 33.8 Å². The Balaban J connectivity index is 1.01. The summed E-state index contributed by atoms with van der Waals surface area (Å²) < 4.78 is 13.5. The summed E-state index contributed by atoms with van der Waals surface area (Å²) in [6, 6.07) is 25.8. The van der Waals surface area contributed by atoms with Crippen molar-refractivity contribution >= 4 is 80.3 Å². The third kappa shape index (κ3) is 6.55. The van der Waals surface area contributed by atoms with Crippen molar-refractivity contribution in [3.05, 3.63) is 142 Å². The zero-order valence-electron chi connectivity index (χ0n) is 37.1. The molecule has 2 aliphatic heterocycles. The summed E-state index contributed by atoms with van der Waals surface area (Å²) in [5, 5.41) is 18.5. The van der Waals surface area contributed by atoms with E-state index < -0.39 is 46.8 Å². The summed E-state index contributed by atoms with van der Waals surface area (Å²) in [5.74, 6) is -3.46. The highest BCUT2D eigenvalue weighted by molar-refractivity contribution is 7.22. The number of carbonyl (C=O) groups is 4. The summed E-state index contributed by atoms with van der Waals surface area (Å²) in [4.78, 5) is 63.2. The van der Waals surface area contributed by atoms with Gasteiger partial charge in [0, 0.05) is 39.9 Å². The minimum absolute atomic E-state index is 0.0161. The molecular formula is C53H47ClN4O7S. The molecule has 66 heavy (non-hydrogen) atoms. The smallest absolute Gasteiger partial charge is 0.242 e. The topological polar surface area (TPSA) is 131 Å². The lowest BCUT2D eigenvalue weighted by Gasteiger charge is -2.49. The third-order valence-corrected chi connectivity index (χ3v) is 15.9. The number of hydrogen-bond acceptors (Lipinski definition) is 9. The average Bonchev–Trinajstić information content (AvgIpc) is 3.99. The number of aromatic hydroxyl groups is 1. The maximum absolute atomic E-state index is 15.4. The number of carbonyl (C=O) groups excluding carboxylic acids is 4. The molecule has 334 valence electrons. The van der Waals surface area contributed by atoms with Crippen LogP contribution in [0.25, 0.3) is 32.8 Å². The number of benzene rings is 4. The van der Waals surface area contributed by atoms with Gasteiger partial charge in [-0.2, -0.15) is 5.10 Å². The molecule has 4 aromatic carbocycles. The Labute approximate surface area is 391 Å². The van der Waals surface area contributed by atoms with Crippen LogP contribution in [0.5, 0.6) is 17.2 Å². The summed E-state index contributed by atoms with van der Waals surface area (Å²) in [6.45, 7) is 7.71. The first-order valence-corrected chi connectivity index (χ1v) is 23.1. The first kappa shape index (κ1) is 43.1. The van der Waals surface area contributed by atoms with Crippen molar-refractivity contribution in [1.29, 1.82) is 0 Å². The van der Waals surface area contributed by atoms with Crippen LogP contribution in [0, 0.1) is 36.0 Å². The zero-order valence-corrected chi connectivity index (χ0v) is 38.7. The number of para-hydroxylation sites is 1. The number of halogens is 1. The summed E-state index contributed by atoms with van der Waals surface area (Å²) in [6.07, 6.45) is 8.34. The van der Waals surface area contributed by atoms with E-state index in [1.807, 2.05) is 92.7 Å². The number of aryl methyl sites for hydroxylation is 2. The molecule has 2 aliphatic carbocycles. The first-order chi connectivity index (χ1) is 31.8. The number of fused-ring (bicyclic) bond motifs is 5. The molecule has 6 atom stereocenters. The largest absolute Gasteiger partial charge is 0.507 e. The number of aromatic nitrogens is 2. The number of hydrogen-bond donors (Lipinski definition) is 1. The van der Waals surface area contributed by atoms with Gasteiger partial charge in [-0.1, -0.05) is 71.8 Å². The maximum atomic E-state index is 15.4. The molecule has 0 spiro atoms. The summed E-state index contributed by atoms with van der Waals surface area (Å²) in [7, 11) is 4.93. The molecule has 0 bridgehead atoms. The van der Waals surface area contributed by atoms with E-state index in [1.165, 1.54) is 9.80 Å². The van der Waals surface area contributed by atoms with Gasteiger partial charge in [-0.3, -0.25) is 28.8 Å². The minimum Gasteiger partial charge on any atom is -0.507 e. The van der Waals surface area contributed by atoms with Gasteiger partial charge in [0.15, 0.2) is 0 Å². The van der Waals surface area contributed by atoms with Crippen LogP contribution in [0.4, 0.5) is 11.5 Å². The van der Waals surface area contributed by atoms with Crippen molar-refractivity contribution in [1.82, 2.24) is 9.78 Å². The Hall–Kier alpha value is -6.76. The molecule has 2 saturated heterocycles. The molecule has 2 aromatic heterocycles. The molecule has 1 N–H and O–H groups in total. The van der Waals surface area contributed by atoms with E-state index in [9.17, 15) is 14.7 Å². The maximum Gasteiger partial charge on any atom is 0.242 e. The van der Waals surface area contributed by atoms with E-state index in [4.69, 9.17) is 26.2 Å². The predicted molar refractivity (Wildman–Crippen MR) is 258 cm³/mol. The molecular weight excluding hydrogens is 872 g/mol. The molecule has 11 nitrogen and oxygen atoms in total. The highest BCUT2D eigenvalue weighted by atomic mass is 35.5. The van der Waals surface area contributed by atoms with E-state index in [0.29, 0.717) is 51.3 Å². The van der Waals surface area contributed by atoms with Crippen LogP contribution < -0.4 is 19.3 Å². The number of methoxy groups -OCH3 is 2. The van der Waals surface area contributed by atoms with Crippen LogP contribution in [-0.4, -0.2) is 52.7 Å². The van der Waals surface area contributed by atoms with Crippen molar-refractivity contribution in [2.75, 3.05) is 24.0 Å². The van der Waals surface area contributed by atoms with E-state index >= 15 is 9.59 Å². The summed E-state index contributed by atoms with van der Waals surface area (Å²) >= 11 is 7.92. The van der Waals surface area contributed by atoms with Crippen molar-refractivity contribution in [2.45, 2.75) is 39.0 Å². The quantitative estimate of drug-likeness (QED) is 0.0817. The Morgan fingerprint density at radius 2 is 1.71 bits per heavy atom. The first-order valence-electron chi connectivity index (χ1n) is 21.9. The van der Waals surface area contributed by atoms with Crippen LogP contribution in [0.15, 0.2) is 109 Å². The number of phenols is 1. The molecule has 0 unspecified atom stereocenters. The second kappa shape index (κ2) is 16.3.